The molecule has 22 heavy (non-hydrogen) atoms. The topological polar surface area (TPSA) is 88.1 Å². The molecule has 8 heteroatoms. The van der Waals surface area contributed by atoms with Crippen LogP contribution in [0.3, 0.4) is 0 Å². The first-order valence-corrected chi connectivity index (χ1v) is 7.82. The van der Waals surface area contributed by atoms with Crippen molar-refractivity contribution in [3.05, 3.63) is 34.9 Å². The molecule has 2 aromatic rings. The lowest BCUT2D eigenvalue weighted by Gasteiger charge is -2.25. The second-order valence-electron chi connectivity index (χ2n) is 4.85. The largest absolute Gasteiger partial charge is 0.337 e. The Bertz CT molecular complexity index is 701. The smallest absolute Gasteiger partial charge is 0.277 e. The van der Waals surface area contributed by atoms with Gasteiger partial charge in [0.1, 0.15) is 5.69 Å². The first-order valence-electron chi connectivity index (χ1n) is 7.01. The van der Waals surface area contributed by atoms with E-state index in [9.17, 15) is 9.59 Å². The van der Waals surface area contributed by atoms with Gasteiger partial charge in [0.15, 0.2) is 5.13 Å². The van der Waals surface area contributed by atoms with E-state index >= 15 is 0 Å². The number of carbonyl (C=O) groups excluding carboxylic acids is 2. The van der Waals surface area contributed by atoms with Crippen LogP contribution in [-0.4, -0.2) is 38.2 Å². The van der Waals surface area contributed by atoms with Crippen LogP contribution in [0, 0.1) is 0 Å². The van der Waals surface area contributed by atoms with Crippen molar-refractivity contribution in [2.75, 3.05) is 11.9 Å². The summed E-state index contributed by atoms with van der Waals surface area (Å²) in [5.41, 5.74) is 1.21. The van der Waals surface area contributed by atoms with Crippen LogP contribution in [0.25, 0.3) is 0 Å². The SMILES string of the molecule is CCC(=O)N1CCc2nc(NC(=O)c3cnccn3)sc2C1. The summed E-state index contributed by atoms with van der Waals surface area (Å²) in [5, 5.41) is 3.27. The number of thiazole rings is 1. The van der Waals surface area contributed by atoms with Crippen LogP contribution in [0.5, 0.6) is 0 Å². The van der Waals surface area contributed by atoms with Gasteiger partial charge < -0.3 is 4.90 Å². The van der Waals surface area contributed by atoms with Crippen LogP contribution in [0.4, 0.5) is 5.13 Å². The Morgan fingerprint density at radius 3 is 3.00 bits per heavy atom. The minimum atomic E-state index is -0.333. The zero-order valence-corrected chi connectivity index (χ0v) is 12.9. The van der Waals surface area contributed by atoms with Crippen molar-refractivity contribution in [2.45, 2.75) is 26.3 Å². The minimum absolute atomic E-state index is 0.143. The molecule has 0 radical (unpaired) electrons. The van der Waals surface area contributed by atoms with Crippen molar-refractivity contribution in [3.63, 3.8) is 0 Å². The van der Waals surface area contributed by atoms with Gasteiger partial charge in [-0.3, -0.25) is 19.9 Å². The van der Waals surface area contributed by atoms with Crippen molar-refractivity contribution < 1.29 is 9.59 Å². The van der Waals surface area contributed by atoms with Crippen molar-refractivity contribution in [2.24, 2.45) is 0 Å². The maximum Gasteiger partial charge on any atom is 0.277 e. The third kappa shape index (κ3) is 2.96. The summed E-state index contributed by atoms with van der Waals surface area (Å²) < 4.78 is 0. The molecule has 0 saturated carbocycles. The molecule has 3 heterocycles. The average molecular weight is 317 g/mol. The van der Waals surface area contributed by atoms with Gasteiger partial charge >= 0.3 is 0 Å². The Morgan fingerprint density at radius 2 is 2.27 bits per heavy atom. The highest BCUT2D eigenvalue weighted by Crippen LogP contribution is 2.28. The number of carbonyl (C=O) groups is 2. The van der Waals surface area contributed by atoms with Gasteiger partial charge in [0.05, 0.1) is 18.4 Å². The Kier molecular flexibility index (Phi) is 4.10. The second-order valence-corrected chi connectivity index (χ2v) is 5.94. The molecule has 1 N–H and O–H groups in total. The fourth-order valence-corrected chi connectivity index (χ4v) is 3.28. The lowest BCUT2D eigenvalue weighted by atomic mass is 10.1. The van der Waals surface area contributed by atoms with Crippen LogP contribution in [0.15, 0.2) is 18.6 Å². The third-order valence-corrected chi connectivity index (χ3v) is 4.40. The molecule has 0 aliphatic carbocycles. The van der Waals surface area contributed by atoms with E-state index in [0.29, 0.717) is 24.6 Å². The van der Waals surface area contributed by atoms with Gasteiger partial charge in [-0.25, -0.2) is 9.97 Å². The molecule has 0 unspecified atom stereocenters. The number of nitrogens with one attached hydrogen (secondary N) is 1. The number of anilines is 1. The van der Waals surface area contributed by atoms with E-state index in [1.807, 2.05) is 11.8 Å². The quantitative estimate of drug-likeness (QED) is 0.926. The molecule has 0 saturated heterocycles. The van der Waals surface area contributed by atoms with E-state index < -0.39 is 0 Å². The van der Waals surface area contributed by atoms with Gasteiger partial charge in [0.2, 0.25) is 5.91 Å². The third-order valence-electron chi connectivity index (χ3n) is 3.40. The molecular formula is C14H15N5O2S. The van der Waals surface area contributed by atoms with E-state index in [1.54, 1.807) is 0 Å². The molecule has 0 spiro atoms. The number of amides is 2. The number of aromatic nitrogens is 3. The first-order chi connectivity index (χ1) is 10.7. The van der Waals surface area contributed by atoms with Crippen LogP contribution in [0.1, 0.15) is 34.4 Å². The van der Waals surface area contributed by atoms with Gasteiger partial charge in [-0.05, 0) is 0 Å². The van der Waals surface area contributed by atoms with Crippen molar-refractivity contribution >= 4 is 28.3 Å². The predicted molar refractivity (Wildman–Crippen MR) is 81.5 cm³/mol. The van der Waals surface area contributed by atoms with Crippen LogP contribution in [-0.2, 0) is 17.8 Å². The van der Waals surface area contributed by atoms with Gasteiger partial charge in [-0.15, -0.1) is 0 Å². The highest BCUT2D eigenvalue weighted by atomic mass is 32.1. The van der Waals surface area contributed by atoms with Crippen molar-refractivity contribution in [1.29, 1.82) is 0 Å². The van der Waals surface area contributed by atoms with Gasteiger partial charge in [0.25, 0.3) is 5.91 Å². The maximum absolute atomic E-state index is 12.0. The lowest BCUT2D eigenvalue weighted by molar-refractivity contribution is -0.131. The molecule has 114 valence electrons. The van der Waals surface area contributed by atoms with E-state index in [-0.39, 0.29) is 17.5 Å². The predicted octanol–water partition coefficient (Wildman–Crippen LogP) is 1.48. The maximum atomic E-state index is 12.0. The lowest BCUT2D eigenvalue weighted by Crippen LogP contribution is -2.34. The summed E-state index contributed by atoms with van der Waals surface area (Å²) in [6.07, 6.45) is 5.61. The van der Waals surface area contributed by atoms with Crippen LogP contribution in [0.2, 0.25) is 0 Å². The van der Waals surface area contributed by atoms with E-state index in [4.69, 9.17) is 0 Å². The molecular weight excluding hydrogens is 302 g/mol. The van der Waals surface area contributed by atoms with E-state index in [1.165, 1.54) is 29.9 Å². The second kappa shape index (κ2) is 6.18. The normalized spacial score (nSPS) is 13.6. The van der Waals surface area contributed by atoms with Crippen molar-refractivity contribution in [1.82, 2.24) is 19.9 Å². The van der Waals surface area contributed by atoms with E-state index in [0.717, 1.165) is 17.0 Å². The number of nitrogens with zero attached hydrogens (tertiary/aromatic N) is 4. The molecule has 1 aliphatic heterocycles. The molecule has 2 amide bonds. The summed E-state index contributed by atoms with van der Waals surface area (Å²) in [4.78, 5) is 38.9. The Morgan fingerprint density at radius 1 is 1.41 bits per heavy atom. The summed E-state index contributed by atoms with van der Waals surface area (Å²) in [6.45, 7) is 3.11. The fraction of sp³-hybridized carbons (Fsp3) is 0.357. The monoisotopic (exact) mass is 317 g/mol. The zero-order chi connectivity index (χ0) is 15.5. The molecule has 0 aromatic carbocycles. The molecule has 1 aliphatic rings. The standard InChI is InChI=1S/C14H15N5O2S/c1-2-12(20)19-6-3-9-11(8-19)22-14(17-9)18-13(21)10-7-15-4-5-16-10/h4-5,7H,2-3,6,8H2,1H3,(H,17,18,21). The number of hydrogen-bond donors (Lipinski definition) is 1. The van der Waals surface area contributed by atoms with Gasteiger partial charge in [-0.1, -0.05) is 18.3 Å². The summed E-state index contributed by atoms with van der Waals surface area (Å²) in [7, 11) is 0. The molecule has 0 fully saturated rings. The highest BCUT2D eigenvalue weighted by Gasteiger charge is 2.23. The minimum Gasteiger partial charge on any atom is -0.337 e. The molecule has 2 aromatic heterocycles. The first kappa shape index (κ1) is 14.6. The zero-order valence-electron chi connectivity index (χ0n) is 12.1. The Hall–Kier alpha value is -2.35. The molecule has 7 nitrogen and oxygen atoms in total. The molecule has 3 rings (SSSR count). The Balaban J connectivity index is 1.72. The number of fused-ring (bicyclic) bond motifs is 1. The van der Waals surface area contributed by atoms with Gasteiger partial charge in [-0.2, -0.15) is 0 Å². The van der Waals surface area contributed by atoms with Gasteiger partial charge in [0, 0.05) is 36.7 Å². The molecule has 0 bridgehead atoms. The Labute approximate surface area is 131 Å². The highest BCUT2D eigenvalue weighted by molar-refractivity contribution is 7.15. The summed E-state index contributed by atoms with van der Waals surface area (Å²) in [6, 6.07) is 0. The number of hydrogen-bond acceptors (Lipinski definition) is 6. The summed E-state index contributed by atoms with van der Waals surface area (Å²) >= 11 is 1.40. The fourth-order valence-electron chi connectivity index (χ4n) is 2.26. The average Bonchev–Trinajstić information content (AvgIpc) is 2.96. The van der Waals surface area contributed by atoms with Crippen LogP contribution >= 0.6 is 11.3 Å². The van der Waals surface area contributed by atoms with Crippen molar-refractivity contribution in [3.8, 4) is 0 Å². The summed E-state index contributed by atoms with van der Waals surface area (Å²) in [5.74, 6) is -0.190. The number of rotatable bonds is 3. The van der Waals surface area contributed by atoms with Crippen LogP contribution < -0.4 is 5.32 Å². The van der Waals surface area contributed by atoms with E-state index in [2.05, 4.69) is 20.3 Å². The molecule has 0 atom stereocenters.